The van der Waals surface area contributed by atoms with Crippen molar-refractivity contribution in [3.8, 4) is 6.07 Å². The number of nitriles is 1. The van der Waals surface area contributed by atoms with Crippen LogP contribution in [0.2, 0.25) is 0 Å². The Kier molecular flexibility index (Phi) is 3.14. The minimum Gasteiger partial charge on any atom is -0.394 e. The molecular weight excluding hydrogens is 248 g/mol. The molecule has 0 amide bonds. The topological polar surface area (TPSA) is 125 Å². The molecular formula is C12H14N4O3. The number of aliphatic hydroxyl groups is 2. The van der Waals surface area contributed by atoms with E-state index in [4.69, 9.17) is 5.73 Å². The smallest absolute Gasteiger partial charge is 0.350 e. The number of nitrogens with two attached hydrogens (primary N) is 1. The van der Waals surface area contributed by atoms with Gasteiger partial charge in [-0.3, -0.25) is 4.57 Å². The third kappa shape index (κ3) is 1.82. The van der Waals surface area contributed by atoms with Crippen LogP contribution in [0.1, 0.15) is 12.5 Å². The molecule has 1 aliphatic rings. The summed E-state index contributed by atoms with van der Waals surface area (Å²) >= 11 is 0. The number of hydrogen-bond acceptors (Lipinski definition) is 6. The van der Waals surface area contributed by atoms with Crippen LogP contribution in [0.25, 0.3) is 0 Å². The SMILES string of the molecule is C=C1[C@@H](n2ccc(N)nc2=O)C[C@H](O)[C@@]1(C#N)CO. The number of aromatic nitrogens is 2. The van der Waals surface area contributed by atoms with E-state index >= 15 is 0 Å². The van der Waals surface area contributed by atoms with E-state index in [-0.39, 0.29) is 12.2 Å². The van der Waals surface area contributed by atoms with Crippen LogP contribution in [0.5, 0.6) is 0 Å². The molecule has 1 heterocycles. The molecule has 0 radical (unpaired) electrons. The fraction of sp³-hybridized carbons (Fsp3) is 0.417. The minimum atomic E-state index is -1.44. The zero-order valence-corrected chi connectivity index (χ0v) is 10.2. The van der Waals surface area contributed by atoms with Gasteiger partial charge in [0.1, 0.15) is 11.2 Å². The van der Waals surface area contributed by atoms with Crippen molar-refractivity contribution < 1.29 is 10.2 Å². The van der Waals surface area contributed by atoms with Crippen LogP contribution in [0.15, 0.2) is 29.2 Å². The van der Waals surface area contributed by atoms with Crippen LogP contribution >= 0.6 is 0 Å². The van der Waals surface area contributed by atoms with E-state index in [2.05, 4.69) is 11.6 Å². The summed E-state index contributed by atoms with van der Waals surface area (Å²) in [6.45, 7) is 3.22. The number of aliphatic hydroxyl groups excluding tert-OH is 2. The van der Waals surface area contributed by atoms with E-state index < -0.39 is 29.9 Å². The fourth-order valence-corrected chi connectivity index (χ4v) is 2.40. The molecule has 7 heteroatoms. The van der Waals surface area contributed by atoms with Crippen LogP contribution < -0.4 is 11.4 Å². The molecule has 3 atom stereocenters. The molecule has 1 aliphatic carbocycles. The van der Waals surface area contributed by atoms with Crippen molar-refractivity contribution in [3.63, 3.8) is 0 Å². The molecule has 1 saturated carbocycles. The first-order valence-corrected chi connectivity index (χ1v) is 5.70. The lowest BCUT2D eigenvalue weighted by atomic mass is 9.83. The minimum absolute atomic E-state index is 0.0964. The summed E-state index contributed by atoms with van der Waals surface area (Å²) in [5.74, 6) is 0.0964. The molecule has 1 aromatic rings. The van der Waals surface area contributed by atoms with E-state index in [0.717, 1.165) is 0 Å². The molecule has 0 aromatic carbocycles. The second-order valence-corrected chi connectivity index (χ2v) is 4.58. The van der Waals surface area contributed by atoms with Gasteiger partial charge in [0.2, 0.25) is 0 Å². The van der Waals surface area contributed by atoms with E-state index in [1.54, 1.807) is 0 Å². The predicted octanol–water partition coefficient (Wildman–Crippen LogP) is -0.810. The van der Waals surface area contributed by atoms with E-state index in [1.165, 1.54) is 16.8 Å². The average Bonchev–Trinajstić information content (AvgIpc) is 2.62. The number of nitrogens with zero attached hydrogens (tertiary/aromatic N) is 3. The van der Waals surface area contributed by atoms with Crippen LogP contribution in [-0.2, 0) is 0 Å². The maximum atomic E-state index is 11.8. The zero-order chi connectivity index (χ0) is 14.2. The van der Waals surface area contributed by atoms with Crippen molar-refractivity contribution in [1.82, 2.24) is 9.55 Å². The summed E-state index contributed by atoms with van der Waals surface area (Å²) < 4.78 is 1.26. The summed E-state index contributed by atoms with van der Waals surface area (Å²) in [5, 5.41) is 28.5. The van der Waals surface area contributed by atoms with Gasteiger partial charge in [-0.05, 0) is 11.6 Å². The van der Waals surface area contributed by atoms with Gasteiger partial charge in [-0.2, -0.15) is 10.2 Å². The number of rotatable bonds is 2. The Hall–Kier alpha value is -2.17. The first-order chi connectivity index (χ1) is 8.96. The lowest BCUT2D eigenvalue weighted by Crippen LogP contribution is -2.34. The third-order valence-electron chi connectivity index (χ3n) is 3.63. The molecule has 0 spiro atoms. The summed E-state index contributed by atoms with van der Waals surface area (Å²) in [7, 11) is 0. The highest BCUT2D eigenvalue weighted by atomic mass is 16.3. The molecule has 100 valence electrons. The molecule has 0 saturated heterocycles. The fourth-order valence-electron chi connectivity index (χ4n) is 2.40. The Morgan fingerprint density at radius 1 is 1.74 bits per heavy atom. The number of hydrogen-bond donors (Lipinski definition) is 3. The lowest BCUT2D eigenvalue weighted by molar-refractivity contribution is 0.0622. The highest BCUT2D eigenvalue weighted by Crippen LogP contribution is 2.47. The monoisotopic (exact) mass is 262 g/mol. The summed E-state index contributed by atoms with van der Waals surface area (Å²) in [5.41, 5.74) is 3.69. The van der Waals surface area contributed by atoms with Gasteiger partial charge in [-0.25, -0.2) is 4.79 Å². The second-order valence-electron chi connectivity index (χ2n) is 4.58. The Balaban J connectivity index is 2.47. The molecule has 1 aromatic heterocycles. The molecule has 2 rings (SSSR count). The van der Waals surface area contributed by atoms with E-state index in [0.29, 0.717) is 5.57 Å². The van der Waals surface area contributed by atoms with Gasteiger partial charge in [0, 0.05) is 12.6 Å². The zero-order valence-electron chi connectivity index (χ0n) is 10.2. The third-order valence-corrected chi connectivity index (χ3v) is 3.63. The maximum absolute atomic E-state index is 11.8. The van der Waals surface area contributed by atoms with Gasteiger partial charge in [0.15, 0.2) is 0 Å². The van der Waals surface area contributed by atoms with Gasteiger partial charge < -0.3 is 15.9 Å². The van der Waals surface area contributed by atoms with Crippen LogP contribution in [0, 0.1) is 16.7 Å². The molecule has 0 bridgehead atoms. The number of nitrogen functional groups attached to an aromatic ring is 1. The molecule has 1 fully saturated rings. The molecule has 7 nitrogen and oxygen atoms in total. The number of anilines is 1. The average molecular weight is 262 g/mol. The Labute approximate surface area is 109 Å². The summed E-state index contributed by atoms with van der Waals surface area (Å²) in [4.78, 5) is 15.4. The van der Waals surface area contributed by atoms with Crippen molar-refractivity contribution in [3.05, 3.63) is 34.9 Å². The predicted molar refractivity (Wildman–Crippen MR) is 66.8 cm³/mol. The normalized spacial score (nSPS) is 30.3. The summed E-state index contributed by atoms with van der Waals surface area (Å²) in [6, 6.07) is 2.77. The van der Waals surface area contributed by atoms with Gasteiger partial charge in [-0.15, -0.1) is 0 Å². The second kappa shape index (κ2) is 4.50. The van der Waals surface area contributed by atoms with E-state index in [1.807, 2.05) is 6.07 Å². The van der Waals surface area contributed by atoms with Gasteiger partial charge >= 0.3 is 5.69 Å². The first kappa shape index (κ1) is 13.3. The quantitative estimate of drug-likeness (QED) is 0.598. The van der Waals surface area contributed by atoms with Crippen molar-refractivity contribution in [1.29, 1.82) is 5.26 Å². The largest absolute Gasteiger partial charge is 0.394 e. The molecule has 4 N–H and O–H groups in total. The Morgan fingerprint density at radius 2 is 2.42 bits per heavy atom. The molecule has 0 aliphatic heterocycles. The standard InChI is InChI=1S/C12H14N4O3/c1-7-8(4-9(18)12(7,5-13)6-17)16-3-2-10(14)15-11(16)19/h2-3,8-9,17-18H,1,4,6H2,(H2,14,15,19)/t8-,9-,12-/m0/s1. The highest BCUT2D eigenvalue weighted by molar-refractivity contribution is 5.34. The maximum Gasteiger partial charge on any atom is 0.350 e. The Morgan fingerprint density at radius 3 is 2.89 bits per heavy atom. The van der Waals surface area contributed by atoms with Gasteiger partial charge in [-0.1, -0.05) is 6.58 Å². The van der Waals surface area contributed by atoms with Gasteiger partial charge in [0.05, 0.1) is 24.8 Å². The molecule has 0 unspecified atom stereocenters. The van der Waals surface area contributed by atoms with Crippen LogP contribution in [0.4, 0.5) is 5.82 Å². The van der Waals surface area contributed by atoms with Crippen LogP contribution in [-0.4, -0.2) is 32.5 Å². The lowest BCUT2D eigenvalue weighted by Gasteiger charge is -2.24. The summed E-state index contributed by atoms with van der Waals surface area (Å²) in [6.07, 6.45) is 0.487. The highest BCUT2D eigenvalue weighted by Gasteiger charge is 2.51. The molecule has 19 heavy (non-hydrogen) atoms. The van der Waals surface area contributed by atoms with Crippen molar-refractivity contribution in [2.75, 3.05) is 12.3 Å². The van der Waals surface area contributed by atoms with E-state index in [9.17, 15) is 20.3 Å². The van der Waals surface area contributed by atoms with Gasteiger partial charge in [0.25, 0.3) is 0 Å². The van der Waals surface area contributed by atoms with Crippen molar-refractivity contribution in [2.24, 2.45) is 5.41 Å². The van der Waals surface area contributed by atoms with Crippen molar-refractivity contribution in [2.45, 2.75) is 18.6 Å². The van der Waals surface area contributed by atoms with Crippen molar-refractivity contribution >= 4 is 5.82 Å². The Bertz CT molecular complexity index is 618. The first-order valence-electron chi connectivity index (χ1n) is 5.70. The van der Waals surface area contributed by atoms with Crippen LogP contribution in [0.3, 0.4) is 0 Å².